The second-order valence-corrected chi connectivity index (χ2v) is 5.13. The van der Waals surface area contributed by atoms with E-state index in [1.165, 1.54) is 0 Å². The molecule has 0 bridgehead atoms. The minimum absolute atomic E-state index is 0.0557. The first-order chi connectivity index (χ1) is 7.23. The maximum atomic E-state index is 11.1. The van der Waals surface area contributed by atoms with Gasteiger partial charge in [-0.1, -0.05) is 5.16 Å². The van der Waals surface area contributed by atoms with Crippen molar-refractivity contribution in [2.75, 3.05) is 0 Å². The fourth-order valence-electron chi connectivity index (χ4n) is 2.30. The van der Waals surface area contributed by atoms with E-state index >= 15 is 0 Å². The van der Waals surface area contributed by atoms with Crippen LogP contribution in [-0.2, 0) is 0 Å². The van der Waals surface area contributed by atoms with E-state index in [9.17, 15) is 10.3 Å². The highest BCUT2D eigenvalue weighted by Gasteiger charge is 2.45. The average molecular weight is 231 g/mol. The van der Waals surface area contributed by atoms with Gasteiger partial charge in [0.05, 0.1) is 11.3 Å². The van der Waals surface area contributed by atoms with Crippen LogP contribution in [0.25, 0.3) is 0 Å². The van der Waals surface area contributed by atoms with Gasteiger partial charge in [0, 0.05) is 11.5 Å². The van der Waals surface area contributed by atoms with Crippen LogP contribution in [0.15, 0.2) is 5.16 Å². The molecule has 1 aliphatic carbocycles. The topological polar surface area (TPSA) is 99.4 Å². The van der Waals surface area contributed by atoms with Gasteiger partial charge < -0.3 is 20.7 Å². The highest BCUT2D eigenvalue weighted by molar-refractivity contribution is 5.85. The molecule has 0 aliphatic heterocycles. The summed E-state index contributed by atoms with van der Waals surface area (Å²) in [5.74, 6) is -0.431. The Labute approximate surface area is 94.7 Å². The van der Waals surface area contributed by atoms with E-state index in [4.69, 9.17) is 10.4 Å². The molecular formula is C10H19N2O4-. The third-order valence-electron chi connectivity index (χ3n) is 3.69. The van der Waals surface area contributed by atoms with Gasteiger partial charge in [0.25, 0.3) is 0 Å². The van der Waals surface area contributed by atoms with Crippen LogP contribution >= 0.6 is 0 Å². The summed E-state index contributed by atoms with van der Waals surface area (Å²) >= 11 is 0. The normalized spacial score (nSPS) is 41.4. The fraction of sp³-hybridized carbons (Fsp3) is 0.900. The van der Waals surface area contributed by atoms with Crippen molar-refractivity contribution in [3.8, 4) is 0 Å². The summed E-state index contributed by atoms with van der Waals surface area (Å²) in [5, 5.41) is 42.1. The first kappa shape index (κ1) is 13.4. The molecule has 1 saturated carbocycles. The van der Waals surface area contributed by atoms with E-state index in [1.807, 2.05) is 0 Å². The van der Waals surface area contributed by atoms with Crippen molar-refractivity contribution in [1.82, 2.24) is 5.23 Å². The van der Waals surface area contributed by atoms with Crippen LogP contribution in [0.1, 0.15) is 40.0 Å². The van der Waals surface area contributed by atoms with Gasteiger partial charge in [0.2, 0.25) is 0 Å². The Morgan fingerprint density at radius 3 is 2.44 bits per heavy atom. The Morgan fingerprint density at radius 1 is 1.44 bits per heavy atom. The zero-order valence-corrected chi connectivity index (χ0v) is 9.84. The van der Waals surface area contributed by atoms with E-state index in [0.717, 1.165) is 0 Å². The van der Waals surface area contributed by atoms with Gasteiger partial charge in [-0.2, -0.15) is 0 Å². The maximum Gasteiger partial charge on any atom is 0.0702 e. The van der Waals surface area contributed by atoms with Crippen molar-refractivity contribution < 1.29 is 15.5 Å². The van der Waals surface area contributed by atoms with Crippen LogP contribution in [0.4, 0.5) is 0 Å². The van der Waals surface area contributed by atoms with Gasteiger partial charge in [0.15, 0.2) is 0 Å². The molecule has 0 heterocycles. The number of nitrogens with zero attached hydrogens (tertiary/aromatic N) is 2. The molecule has 1 fully saturated rings. The van der Waals surface area contributed by atoms with Crippen LogP contribution in [0.3, 0.4) is 0 Å². The predicted octanol–water partition coefficient (Wildman–Crippen LogP) is 1.34. The summed E-state index contributed by atoms with van der Waals surface area (Å²) in [6.45, 7) is 4.88. The summed E-state index contributed by atoms with van der Waals surface area (Å²) in [5.41, 5.74) is -1.57. The number of hydroxylamine groups is 2. The molecule has 3 N–H and O–H groups in total. The molecule has 0 spiro atoms. The minimum Gasteiger partial charge on any atom is -0.762 e. The molecule has 0 aromatic rings. The van der Waals surface area contributed by atoms with Crippen molar-refractivity contribution in [1.29, 1.82) is 0 Å². The number of hydrogen-bond donors (Lipinski definition) is 3. The van der Waals surface area contributed by atoms with E-state index in [0.29, 0.717) is 18.6 Å². The third kappa shape index (κ3) is 2.35. The summed E-state index contributed by atoms with van der Waals surface area (Å²) in [6, 6.07) is 0. The number of oxime groups is 1. The molecule has 6 heteroatoms. The lowest BCUT2D eigenvalue weighted by atomic mass is 9.67. The Balaban J connectivity index is 2.95. The molecule has 0 radical (unpaired) electrons. The average Bonchev–Trinajstić information content (AvgIpc) is 2.20. The molecule has 0 amide bonds. The summed E-state index contributed by atoms with van der Waals surface area (Å²) in [6.07, 6.45) is 1.03. The van der Waals surface area contributed by atoms with E-state index in [1.54, 1.807) is 20.8 Å². The quantitative estimate of drug-likeness (QED) is 0.378. The molecule has 0 aromatic carbocycles. The predicted molar refractivity (Wildman–Crippen MR) is 58.3 cm³/mol. The lowest BCUT2D eigenvalue weighted by Crippen LogP contribution is -2.54. The molecule has 1 aliphatic rings. The van der Waals surface area contributed by atoms with Crippen LogP contribution in [0.2, 0.25) is 0 Å². The Kier molecular flexibility index (Phi) is 3.59. The molecule has 94 valence electrons. The summed E-state index contributed by atoms with van der Waals surface area (Å²) < 4.78 is 0. The van der Waals surface area contributed by atoms with Gasteiger partial charge in [-0.25, -0.2) is 0 Å². The third-order valence-corrected chi connectivity index (χ3v) is 3.69. The van der Waals surface area contributed by atoms with Crippen LogP contribution in [-0.4, -0.2) is 37.6 Å². The Morgan fingerprint density at radius 2 is 2.00 bits per heavy atom. The van der Waals surface area contributed by atoms with E-state index in [2.05, 4.69) is 5.16 Å². The monoisotopic (exact) mass is 231 g/mol. The van der Waals surface area contributed by atoms with Gasteiger partial charge in [-0.3, -0.25) is 5.23 Å². The SMILES string of the molecule is C/C(=N\O)C1CC(C)(N([O-])O)CCC1(C)O. The number of rotatable bonds is 2. The second kappa shape index (κ2) is 4.29. The van der Waals surface area contributed by atoms with E-state index in [-0.39, 0.29) is 11.6 Å². The van der Waals surface area contributed by atoms with Crippen molar-refractivity contribution in [3.05, 3.63) is 5.21 Å². The molecule has 3 unspecified atom stereocenters. The summed E-state index contributed by atoms with van der Waals surface area (Å²) in [7, 11) is 0. The van der Waals surface area contributed by atoms with Crippen LogP contribution in [0.5, 0.6) is 0 Å². The molecule has 3 atom stereocenters. The fourth-order valence-corrected chi connectivity index (χ4v) is 2.30. The number of aliphatic hydroxyl groups is 1. The summed E-state index contributed by atoms with van der Waals surface area (Å²) in [4.78, 5) is 0. The highest BCUT2D eigenvalue weighted by atomic mass is 16.8. The zero-order chi connectivity index (χ0) is 12.6. The van der Waals surface area contributed by atoms with Crippen molar-refractivity contribution in [2.24, 2.45) is 11.1 Å². The second-order valence-electron chi connectivity index (χ2n) is 5.13. The van der Waals surface area contributed by atoms with Crippen molar-refractivity contribution in [2.45, 2.75) is 51.2 Å². The van der Waals surface area contributed by atoms with Gasteiger partial charge in [0.1, 0.15) is 0 Å². The molecule has 0 aromatic heterocycles. The van der Waals surface area contributed by atoms with Crippen molar-refractivity contribution >= 4 is 5.71 Å². The van der Waals surface area contributed by atoms with Gasteiger partial charge in [-0.15, -0.1) is 0 Å². The van der Waals surface area contributed by atoms with E-state index < -0.39 is 17.1 Å². The Bertz CT molecular complexity index is 291. The lowest BCUT2D eigenvalue weighted by Gasteiger charge is -2.51. The smallest absolute Gasteiger partial charge is 0.0702 e. The molecule has 0 saturated heterocycles. The standard InChI is InChI=1S/C10H19N2O4/c1-7(11-14)8-6-9(2,12(15)16)4-5-10(8,3)13/h8,13-15H,4-6H2,1-3H3/q-1/b11-7+. The first-order valence-corrected chi connectivity index (χ1v) is 5.30. The zero-order valence-electron chi connectivity index (χ0n) is 9.84. The molecule has 6 nitrogen and oxygen atoms in total. The first-order valence-electron chi connectivity index (χ1n) is 5.30. The van der Waals surface area contributed by atoms with Gasteiger partial charge >= 0.3 is 0 Å². The molecule has 1 rings (SSSR count). The van der Waals surface area contributed by atoms with Crippen LogP contribution in [0, 0.1) is 11.1 Å². The largest absolute Gasteiger partial charge is 0.762 e. The Hall–Kier alpha value is -0.690. The molecule has 16 heavy (non-hydrogen) atoms. The lowest BCUT2D eigenvalue weighted by molar-refractivity contribution is -0.162. The van der Waals surface area contributed by atoms with Crippen molar-refractivity contribution in [3.63, 3.8) is 0 Å². The minimum atomic E-state index is -1.01. The molecular weight excluding hydrogens is 212 g/mol. The van der Waals surface area contributed by atoms with Gasteiger partial charge in [-0.05, 0) is 40.0 Å². The maximum absolute atomic E-state index is 11.1. The highest BCUT2D eigenvalue weighted by Crippen LogP contribution is 2.42. The number of hydrogen-bond acceptors (Lipinski definition) is 6. The van der Waals surface area contributed by atoms with Crippen LogP contribution < -0.4 is 0 Å².